The van der Waals surface area contributed by atoms with Crippen LogP contribution in [0.4, 0.5) is 9.18 Å². The second-order valence-corrected chi connectivity index (χ2v) is 1.43. The van der Waals surface area contributed by atoms with Crippen LogP contribution in [0.1, 0.15) is 13.8 Å². The van der Waals surface area contributed by atoms with E-state index in [2.05, 4.69) is 0 Å². The van der Waals surface area contributed by atoms with Gasteiger partial charge in [0.05, 0.1) is 0 Å². The smallest absolute Gasteiger partial charge is 0.315 e. The van der Waals surface area contributed by atoms with Crippen molar-refractivity contribution in [3.63, 3.8) is 0 Å². The van der Waals surface area contributed by atoms with Gasteiger partial charge in [0.15, 0.2) is 0 Å². The minimum absolute atomic E-state index is 0.450. The van der Waals surface area contributed by atoms with Gasteiger partial charge in [-0.3, -0.25) is 0 Å². The molecular weight excluding hydrogens is 109 g/mol. The highest BCUT2D eigenvalue weighted by molar-refractivity contribution is 5.65. The molecule has 0 atom stereocenters. The van der Waals surface area contributed by atoms with Crippen molar-refractivity contribution in [2.45, 2.75) is 13.8 Å². The van der Waals surface area contributed by atoms with Crippen molar-refractivity contribution < 1.29 is 9.18 Å². The van der Waals surface area contributed by atoms with Crippen LogP contribution in [-0.2, 0) is 0 Å². The van der Waals surface area contributed by atoms with Gasteiger partial charge >= 0.3 is 6.16 Å². The molecule has 3 heteroatoms. The van der Waals surface area contributed by atoms with Gasteiger partial charge in [-0.25, -0.2) is 4.79 Å². The molecule has 0 spiro atoms. The van der Waals surface area contributed by atoms with Crippen LogP contribution in [0, 0.1) is 0 Å². The standard InChI is InChI=1S/C5H10FNO/c1-3-7(4-2)5(6)8/h3-4H2,1-2H3. The summed E-state index contributed by atoms with van der Waals surface area (Å²) in [6, 6.07) is 0. The Morgan fingerprint density at radius 1 is 1.50 bits per heavy atom. The van der Waals surface area contributed by atoms with Crippen molar-refractivity contribution >= 4 is 6.16 Å². The minimum Gasteiger partial charge on any atom is -0.315 e. The maximum atomic E-state index is 11.7. The monoisotopic (exact) mass is 119 g/mol. The summed E-state index contributed by atoms with van der Waals surface area (Å²) < 4.78 is 11.7. The summed E-state index contributed by atoms with van der Waals surface area (Å²) in [7, 11) is 0. The SMILES string of the molecule is CCN(CC)C(=O)F. The van der Waals surface area contributed by atoms with Gasteiger partial charge in [-0.05, 0) is 13.8 Å². The Balaban J connectivity index is 3.52. The van der Waals surface area contributed by atoms with E-state index in [1.807, 2.05) is 0 Å². The van der Waals surface area contributed by atoms with Gasteiger partial charge in [0.25, 0.3) is 0 Å². The van der Waals surface area contributed by atoms with E-state index < -0.39 is 6.16 Å². The number of halogens is 1. The van der Waals surface area contributed by atoms with Gasteiger partial charge in [-0.15, -0.1) is 4.39 Å². The summed E-state index contributed by atoms with van der Waals surface area (Å²) in [5, 5.41) is 0. The van der Waals surface area contributed by atoms with Crippen LogP contribution in [0.15, 0.2) is 0 Å². The zero-order valence-corrected chi connectivity index (χ0v) is 5.15. The van der Waals surface area contributed by atoms with Crippen LogP contribution >= 0.6 is 0 Å². The summed E-state index contributed by atoms with van der Waals surface area (Å²) in [5.41, 5.74) is 0. The predicted molar refractivity (Wildman–Crippen MR) is 29.4 cm³/mol. The van der Waals surface area contributed by atoms with Crippen LogP contribution in [0.5, 0.6) is 0 Å². The fraction of sp³-hybridized carbons (Fsp3) is 0.800. The maximum absolute atomic E-state index is 11.7. The van der Waals surface area contributed by atoms with Crippen molar-refractivity contribution in [2.75, 3.05) is 13.1 Å². The molecule has 0 N–H and O–H groups in total. The van der Waals surface area contributed by atoms with Crippen molar-refractivity contribution in [3.05, 3.63) is 0 Å². The van der Waals surface area contributed by atoms with Crippen LogP contribution < -0.4 is 0 Å². The summed E-state index contributed by atoms with van der Waals surface area (Å²) in [6.45, 7) is 4.37. The van der Waals surface area contributed by atoms with Gasteiger partial charge in [0.1, 0.15) is 0 Å². The molecule has 48 valence electrons. The van der Waals surface area contributed by atoms with E-state index in [1.54, 1.807) is 13.8 Å². The Bertz CT molecular complexity index is 80.5. The number of hydrogen-bond acceptors (Lipinski definition) is 1. The van der Waals surface area contributed by atoms with Crippen molar-refractivity contribution in [1.82, 2.24) is 4.90 Å². The van der Waals surface area contributed by atoms with Crippen LogP contribution in [0.25, 0.3) is 0 Å². The molecule has 0 unspecified atom stereocenters. The van der Waals surface area contributed by atoms with Gasteiger partial charge in [0.2, 0.25) is 0 Å². The first-order valence-corrected chi connectivity index (χ1v) is 2.66. The zero-order chi connectivity index (χ0) is 6.57. The Kier molecular flexibility index (Phi) is 3.15. The third-order valence-corrected chi connectivity index (χ3v) is 1.01. The second-order valence-electron chi connectivity index (χ2n) is 1.43. The van der Waals surface area contributed by atoms with Crippen LogP contribution in [-0.4, -0.2) is 24.2 Å². The van der Waals surface area contributed by atoms with Crippen molar-refractivity contribution in [2.24, 2.45) is 0 Å². The van der Waals surface area contributed by atoms with E-state index in [9.17, 15) is 9.18 Å². The molecule has 0 aliphatic heterocycles. The summed E-state index contributed by atoms with van der Waals surface area (Å²) in [6.07, 6.45) is -1.34. The molecule has 0 heterocycles. The molecule has 0 aromatic carbocycles. The molecule has 0 aliphatic carbocycles. The average Bonchev–Trinajstić information content (AvgIpc) is 1.69. The quantitative estimate of drug-likeness (QED) is 0.397. The molecule has 0 fully saturated rings. The van der Waals surface area contributed by atoms with E-state index in [-0.39, 0.29) is 0 Å². The fourth-order valence-corrected chi connectivity index (χ4v) is 0.472. The molecule has 2 nitrogen and oxygen atoms in total. The molecule has 1 amide bonds. The number of hydrogen-bond donors (Lipinski definition) is 0. The van der Waals surface area contributed by atoms with E-state index in [4.69, 9.17) is 0 Å². The van der Waals surface area contributed by atoms with E-state index >= 15 is 0 Å². The van der Waals surface area contributed by atoms with E-state index in [0.717, 1.165) is 4.90 Å². The molecular formula is C5H10FNO. The number of rotatable bonds is 2. The highest BCUT2D eigenvalue weighted by Crippen LogP contribution is 1.89. The third kappa shape index (κ3) is 1.91. The average molecular weight is 119 g/mol. The Labute approximate surface area is 48.3 Å². The van der Waals surface area contributed by atoms with Gasteiger partial charge in [-0.2, -0.15) is 0 Å². The summed E-state index contributed by atoms with van der Waals surface area (Å²) in [5.74, 6) is 0. The molecule has 0 bridgehead atoms. The molecule has 0 radical (unpaired) electrons. The number of amides is 1. The first-order valence-electron chi connectivity index (χ1n) is 2.66. The highest BCUT2D eigenvalue weighted by Gasteiger charge is 2.04. The lowest BCUT2D eigenvalue weighted by Crippen LogP contribution is -2.25. The van der Waals surface area contributed by atoms with Crippen molar-refractivity contribution in [3.8, 4) is 0 Å². The zero-order valence-electron chi connectivity index (χ0n) is 5.15. The molecule has 0 saturated carbocycles. The number of carbonyl (C=O) groups excluding carboxylic acids is 1. The number of carbonyl (C=O) groups is 1. The Morgan fingerprint density at radius 2 is 1.88 bits per heavy atom. The molecule has 0 rings (SSSR count). The predicted octanol–water partition coefficient (Wildman–Crippen LogP) is 1.42. The largest absolute Gasteiger partial charge is 0.400 e. The molecule has 0 aromatic heterocycles. The van der Waals surface area contributed by atoms with Gasteiger partial charge in [-0.1, -0.05) is 0 Å². The van der Waals surface area contributed by atoms with Gasteiger partial charge in [0, 0.05) is 13.1 Å². The summed E-state index contributed by atoms with van der Waals surface area (Å²) >= 11 is 0. The highest BCUT2D eigenvalue weighted by atomic mass is 19.1. The lowest BCUT2D eigenvalue weighted by Gasteiger charge is -2.11. The normalized spacial score (nSPS) is 8.88. The molecule has 0 aliphatic rings. The van der Waals surface area contributed by atoms with Crippen LogP contribution in [0.2, 0.25) is 0 Å². The van der Waals surface area contributed by atoms with E-state index in [0.29, 0.717) is 13.1 Å². The summed E-state index contributed by atoms with van der Waals surface area (Å²) in [4.78, 5) is 11.0. The Hall–Kier alpha value is -0.600. The second kappa shape index (κ2) is 3.41. The lowest BCUT2D eigenvalue weighted by molar-refractivity contribution is 0.180. The first-order chi connectivity index (χ1) is 3.72. The van der Waals surface area contributed by atoms with Crippen molar-refractivity contribution in [1.29, 1.82) is 0 Å². The van der Waals surface area contributed by atoms with Gasteiger partial charge < -0.3 is 4.90 Å². The molecule has 0 aromatic rings. The van der Waals surface area contributed by atoms with Crippen LogP contribution in [0.3, 0.4) is 0 Å². The minimum atomic E-state index is -1.34. The van der Waals surface area contributed by atoms with E-state index in [1.165, 1.54) is 0 Å². The maximum Gasteiger partial charge on any atom is 0.400 e. The number of nitrogens with zero attached hydrogens (tertiary/aromatic N) is 1. The topological polar surface area (TPSA) is 20.3 Å². The Morgan fingerprint density at radius 3 is 1.88 bits per heavy atom. The molecule has 8 heavy (non-hydrogen) atoms. The molecule has 0 saturated heterocycles. The third-order valence-electron chi connectivity index (χ3n) is 1.01. The fourth-order valence-electron chi connectivity index (χ4n) is 0.472. The first kappa shape index (κ1) is 7.40. The lowest BCUT2D eigenvalue weighted by atomic mass is 10.6.